The number of carbonyl (C=O) groups excluding carboxylic acids is 1. The van der Waals surface area contributed by atoms with E-state index in [1.165, 1.54) is 0 Å². The molecule has 0 saturated carbocycles. The molecule has 0 aliphatic carbocycles. The van der Waals surface area contributed by atoms with Crippen molar-refractivity contribution in [1.82, 2.24) is 5.32 Å². The number of ether oxygens (including phenoxy) is 1. The van der Waals surface area contributed by atoms with Crippen molar-refractivity contribution in [3.05, 3.63) is 28.8 Å². The first kappa shape index (κ1) is 16.1. The highest BCUT2D eigenvalue weighted by molar-refractivity contribution is 7.91. The Kier molecular flexibility index (Phi) is 5.11. The molecule has 1 aromatic rings. The van der Waals surface area contributed by atoms with Crippen LogP contribution in [0.1, 0.15) is 12.0 Å². The van der Waals surface area contributed by atoms with Crippen LogP contribution in [0.4, 0.5) is 0 Å². The molecule has 1 unspecified atom stereocenters. The molecule has 7 heteroatoms. The van der Waals surface area contributed by atoms with Gasteiger partial charge in [-0.1, -0.05) is 11.6 Å². The fraction of sp³-hybridized carbons (Fsp3) is 0.500. The normalized spacial score (nSPS) is 20.2. The summed E-state index contributed by atoms with van der Waals surface area (Å²) >= 11 is 5.90. The van der Waals surface area contributed by atoms with Crippen LogP contribution in [0.15, 0.2) is 18.2 Å². The summed E-state index contributed by atoms with van der Waals surface area (Å²) in [5, 5.41) is 3.35. The Labute approximate surface area is 129 Å². The van der Waals surface area contributed by atoms with E-state index in [1.807, 2.05) is 6.92 Å². The van der Waals surface area contributed by atoms with Gasteiger partial charge in [0.1, 0.15) is 5.75 Å². The molecule has 0 bridgehead atoms. The molecule has 21 heavy (non-hydrogen) atoms. The fourth-order valence-electron chi connectivity index (χ4n) is 2.20. The number of carbonyl (C=O) groups is 1. The molecule has 1 fully saturated rings. The summed E-state index contributed by atoms with van der Waals surface area (Å²) in [5.41, 5.74) is 0.880. The van der Waals surface area contributed by atoms with Crippen molar-refractivity contribution in [1.29, 1.82) is 0 Å². The fourth-order valence-corrected chi connectivity index (χ4v) is 4.18. The van der Waals surface area contributed by atoms with Crippen LogP contribution in [0.25, 0.3) is 0 Å². The lowest BCUT2D eigenvalue weighted by Crippen LogP contribution is -2.33. The third-order valence-corrected chi connectivity index (χ3v) is 5.68. The Morgan fingerprint density at radius 3 is 2.86 bits per heavy atom. The summed E-state index contributed by atoms with van der Waals surface area (Å²) in [6.45, 7) is 2.14. The molecule has 1 aromatic carbocycles. The van der Waals surface area contributed by atoms with Crippen molar-refractivity contribution in [2.24, 2.45) is 5.92 Å². The Morgan fingerprint density at radius 2 is 2.24 bits per heavy atom. The Bertz CT molecular complexity index is 630. The van der Waals surface area contributed by atoms with Crippen LogP contribution in [0.5, 0.6) is 5.75 Å². The van der Waals surface area contributed by atoms with Gasteiger partial charge in [-0.2, -0.15) is 0 Å². The van der Waals surface area contributed by atoms with Gasteiger partial charge in [-0.3, -0.25) is 4.79 Å². The Balaban J connectivity index is 1.74. The highest BCUT2D eigenvalue weighted by atomic mass is 35.5. The van der Waals surface area contributed by atoms with E-state index in [2.05, 4.69) is 5.32 Å². The highest BCUT2D eigenvalue weighted by Gasteiger charge is 2.27. The van der Waals surface area contributed by atoms with Crippen LogP contribution in [0.3, 0.4) is 0 Å². The lowest BCUT2D eigenvalue weighted by Gasteiger charge is -2.11. The van der Waals surface area contributed by atoms with Crippen molar-refractivity contribution in [3.63, 3.8) is 0 Å². The van der Waals surface area contributed by atoms with E-state index in [4.69, 9.17) is 16.3 Å². The molecule has 0 spiro atoms. The zero-order valence-electron chi connectivity index (χ0n) is 11.8. The maximum Gasteiger partial charge on any atom is 0.257 e. The van der Waals surface area contributed by atoms with Crippen molar-refractivity contribution >= 4 is 27.3 Å². The van der Waals surface area contributed by atoms with Crippen LogP contribution in [0, 0.1) is 12.8 Å². The van der Waals surface area contributed by atoms with Crippen LogP contribution in [-0.4, -0.2) is 39.0 Å². The van der Waals surface area contributed by atoms with Gasteiger partial charge in [-0.15, -0.1) is 0 Å². The molecular formula is C14H18ClNO4S. The number of hydrogen-bond acceptors (Lipinski definition) is 4. The number of sulfone groups is 1. The monoisotopic (exact) mass is 331 g/mol. The van der Waals surface area contributed by atoms with E-state index in [0.717, 1.165) is 5.56 Å². The molecule has 5 nitrogen and oxygen atoms in total. The van der Waals surface area contributed by atoms with Gasteiger partial charge in [-0.05, 0) is 43.0 Å². The van der Waals surface area contributed by atoms with Gasteiger partial charge in [0.05, 0.1) is 11.5 Å². The summed E-state index contributed by atoms with van der Waals surface area (Å²) < 4.78 is 28.0. The Hall–Kier alpha value is -1.27. The topological polar surface area (TPSA) is 72.5 Å². The minimum Gasteiger partial charge on any atom is -0.484 e. The first-order chi connectivity index (χ1) is 9.85. The molecule has 116 valence electrons. The van der Waals surface area contributed by atoms with Gasteiger partial charge in [0.15, 0.2) is 16.4 Å². The van der Waals surface area contributed by atoms with Crippen molar-refractivity contribution < 1.29 is 17.9 Å². The standard InChI is InChI=1S/C14H18ClNO4S/c1-10-6-12(2-3-13(10)15)20-8-14(17)16-7-11-4-5-21(18,19)9-11/h2-3,6,11H,4-5,7-9H2,1H3,(H,16,17). The number of hydrogen-bond donors (Lipinski definition) is 1. The lowest BCUT2D eigenvalue weighted by molar-refractivity contribution is -0.123. The number of nitrogens with one attached hydrogen (secondary N) is 1. The SMILES string of the molecule is Cc1cc(OCC(=O)NCC2CCS(=O)(=O)C2)ccc1Cl. The van der Waals surface area contributed by atoms with E-state index in [-0.39, 0.29) is 29.9 Å². The smallest absolute Gasteiger partial charge is 0.257 e. The summed E-state index contributed by atoms with van der Waals surface area (Å²) in [5.74, 6) is 0.706. The number of halogens is 1. The average molecular weight is 332 g/mol. The number of benzene rings is 1. The molecule has 1 aliphatic rings. The second-order valence-corrected chi connectivity index (χ2v) is 7.91. The lowest BCUT2D eigenvalue weighted by atomic mass is 10.1. The molecule has 1 heterocycles. The molecule has 1 saturated heterocycles. The third-order valence-electron chi connectivity index (χ3n) is 3.41. The summed E-state index contributed by atoms with van der Waals surface area (Å²) in [6.07, 6.45) is 0.611. The van der Waals surface area contributed by atoms with Crippen LogP contribution in [-0.2, 0) is 14.6 Å². The number of aryl methyl sites for hydroxylation is 1. The maximum atomic E-state index is 11.7. The van der Waals surface area contributed by atoms with Crippen molar-refractivity contribution in [2.45, 2.75) is 13.3 Å². The van der Waals surface area contributed by atoms with E-state index in [0.29, 0.717) is 23.7 Å². The van der Waals surface area contributed by atoms with Crippen LogP contribution >= 0.6 is 11.6 Å². The molecule has 1 amide bonds. The predicted molar refractivity (Wildman–Crippen MR) is 81.5 cm³/mol. The van der Waals surface area contributed by atoms with Crippen LogP contribution < -0.4 is 10.1 Å². The van der Waals surface area contributed by atoms with E-state index < -0.39 is 9.84 Å². The average Bonchev–Trinajstić information content (AvgIpc) is 2.77. The maximum absolute atomic E-state index is 11.7. The summed E-state index contributed by atoms with van der Waals surface area (Å²) in [7, 11) is -2.90. The van der Waals surface area contributed by atoms with Gasteiger partial charge in [0.25, 0.3) is 5.91 Å². The summed E-state index contributed by atoms with van der Waals surface area (Å²) in [4.78, 5) is 11.7. The van der Waals surface area contributed by atoms with Gasteiger partial charge in [0.2, 0.25) is 0 Å². The third kappa shape index (κ3) is 4.89. The first-order valence-electron chi connectivity index (χ1n) is 6.72. The minimum atomic E-state index is -2.90. The molecule has 2 rings (SSSR count). The largest absolute Gasteiger partial charge is 0.484 e. The highest BCUT2D eigenvalue weighted by Crippen LogP contribution is 2.21. The first-order valence-corrected chi connectivity index (χ1v) is 8.92. The van der Waals surface area contributed by atoms with Crippen LogP contribution in [0.2, 0.25) is 5.02 Å². The molecule has 0 aromatic heterocycles. The zero-order chi connectivity index (χ0) is 15.5. The van der Waals surface area contributed by atoms with Crippen molar-refractivity contribution in [3.8, 4) is 5.75 Å². The number of rotatable bonds is 5. The predicted octanol–water partition coefficient (Wildman–Crippen LogP) is 1.58. The summed E-state index contributed by atoms with van der Waals surface area (Å²) in [6, 6.07) is 5.18. The molecule has 1 aliphatic heterocycles. The molecule has 1 atom stereocenters. The molecular weight excluding hydrogens is 314 g/mol. The van der Waals surface area contributed by atoms with E-state index in [1.54, 1.807) is 18.2 Å². The minimum absolute atomic E-state index is 0.0109. The van der Waals surface area contributed by atoms with Gasteiger partial charge < -0.3 is 10.1 Å². The van der Waals surface area contributed by atoms with Gasteiger partial charge >= 0.3 is 0 Å². The second kappa shape index (κ2) is 6.66. The Morgan fingerprint density at radius 1 is 1.48 bits per heavy atom. The number of amides is 1. The molecule has 1 N–H and O–H groups in total. The van der Waals surface area contributed by atoms with Crippen molar-refractivity contribution in [2.75, 3.05) is 24.7 Å². The van der Waals surface area contributed by atoms with E-state index in [9.17, 15) is 13.2 Å². The van der Waals surface area contributed by atoms with Gasteiger partial charge in [0, 0.05) is 11.6 Å². The molecule has 0 radical (unpaired) electrons. The zero-order valence-corrected chi connectivity index (χ0v) is 13.3. The van der Waals surface area contributed by atoms with Gasteiger partial charge in [-0.25, -0.2) is 8.42 Å². The van der Waals surface area contributed by atoms with E-state index >= 15 is 0 Å². The second-order valence-electron chi connectivity index (χ2n) is 5.27. The quantitative estimate of drug-likeness (QED) is 0.889.